The number of anilines is 2. The molecule has 1 aromatic rings. The van der Waals surface area contributed by atoms with Crippen molar-refractivity contribution in [1.29, 1.82) is 0 Å². The van der Waals surface area contributed by atoms with E-state index in [4.69, 9.17) is 26.0 Å². The standard InChI is InChI=1S/C37H58N2O4/c1-24(2)8-6-9-25(3)30-14-15-31-29-13-11-26-22-28(17-19-36(26,4)32(29)18-20-37(30,31)5)42-35(40)10-7-21-41-43-34-16-12-27(38)23-33(34)39/h11-12,16,23-25,28-32H,6-10,13-15,17-22,38-39H2,1-5H3. The molecule has 8 atom stereocenters. The van der Waals surface area contributed by atoms with E-state index in [0.29, 0.717) is 35.4 Å². The van der Waals surface area contributed by atoms with Crippen molar-refractivity contribution >= 4 is 17.3 Å². The molecule has 3 fully saturated rings. The molecule has 0 heterocycles. The van der Waals surface area contributed by atoms with Crippen LogP contribution in [0.3, 0.4) is 0 Å². The van der Waals surface area contributed by atoms with Crippen LogP contribution in [-0.2, 0) is 14.4 Å². The summed E-state index contributed by atoms with van der Waals surface area (Å²) >= 11 is 0. The number of hydrogen-bond donors (Lipinski definition) is 2. The van der Waals surface area contributed by atoms with Gasteiger partial charge in [-0.2, -0.15) is 4.89 Å². The van der Waals surface area contributed by atoms with Gasteiger partial charge in [-0.05, 0) is 116 Å². The molecule has 4 N–H and O–H groups in total. The quantitative estimate of drug-likeness (QED) is 0.0626. The number of carbonyl (C=O) groups is 1. The van der Waals surface area contributed by atoms with Crippen LogP contribution >= 0.6 is 0 Å². The lowest BCUT2D eigenvalue weighted by Gasteiger charge is -2.58. The monoisotopic (exact) mass is 594 g/mol. The van der Waals surface area contributed by atoms with Crippen LogP contribution in [0.15, 0.2) is 29.8 Å². The van der Waals surface area contributed by atoms with Crippen LogP contribution in [0.5, 0.6) is 5.75 Å². The van der Waals surface area contributed by atoms with Gasteiger partial charge >= 0.3 is 5.97 Å². The third-order valence-electron chi connectivity index (χ3n) is 12.3. The lowest BCUT2D eigenvalue weighted by molar-refractivity contribution is -0.207. The highest BCUT2D eigenvalue weighted by molar-refractivity contribution is 5.69. The van der Waals surface area contributed by atoms with Crippen molar-refractivity contribution in [3.8, 4) is 5.75 Å². The maximum absolute atomic E-state index is 12.7. The van der Waals surface area contributed by atoms with E-state index in [9.17, 15) is 4.79 Å². The van der Waals surface area contributed by atoms with Gasteiger partial charge in [-0.25, -0.2) is 0 Å². The largest absolute Gasteiger partial charge is 0.462 e. The minimum atomic E-state index is -0.147. The second-order valence-electron chi connectivity index (χ2n) is 15.5. The van der Waals surface area contributed by atoms with Crippen molar-refractivity contribution in [1.82, 2.24) is 0 Å². The van der Waals surface area contributed by atoms with E-state index in [2.05, 4.69) is 40.7 Å². The fourth-order valence-corrected chi connectivity index (χ4v) is 10.0. The molecule has 3 saturated carbocycles. The van der Waals surface area contributed by atoms with Gasteiger partial charge in [0.1, 0.15) is 6.10 Å². The number of rotatable bonds is 12. The number of nitrogens with two attached hydrogens (primary N) is 2. The fraction of sp³-hybridized carbons (Fsp3) is 0.757. The minimum absolute atomic E-state index is 0.00785. The highest BCUT2D eigenvalue weighted by Gasteiger charge is 2.59. The lowest BCUT2D eigenvalue weighted by atomic mass is 9.47. The van der Waals surface area contributed by atoms with Crippen molar-refractivity contribution in [2.45, 2.75) is 124 Å². The molecule has 0 aliphatic heterocycles. The minimum Gasteiger partial charge on any atom is -0.462 e. The molecule has 240 valence electrons. The van der Waals surface area contributed by atoms with Crippen molar-refractivity contribution in [3.05, 3.63) is 29.8 Å². The van der Waals surface area contributed by atoms with E-state index in [1.165, 1.54) is 51.4 Å². The van der Waals surface area contributed by atoms with Crippen molar-refractivity contribution in [3.63, 3.8) is 0 Å². The zero-order valence-electron chi connectivity index (χ0n) is 27.5. The highest BCUT2D eigenvalue weighted by Crippen LogP contribution is 2.67. The van der Waals surface area contributed by atoms with Gasteiger partial charge in [0.15, 0.2) is 5.75 Å². The molecule has 0 amide bonds. The number of nitrogen functional groups attached to an aromatic ring is 2. The lowest BCUT2D eigenvalue weighted by Crippen LogP contribution is -2.51. The Labute approximate surface area is 260 Å². The number of benzene rings is 1. The second kappa shape index (κ2) is 13.4. The summed E-state index contributed by atoms with van der Waals surface area (Å²) < 4.78 is 5.98. The van der Waals surface area contributed by atoms with Gasteiger partial charge < -0.3 is 21.1 Å². The summed E-state index contributed by atoms with van der Waals surface area (Å²) in [6.45, 7) is 12.8. The van der Waals surface area contributed by atoms with Gasteiger partial charge in [-0.3, -0.25) is 4.79 Å². The van der Waals surface area contributed by atoms with Crippen LogP contribution in [0.4, 0.5) is 11.4 Å². The second-order valence-corrected chi connectivity index (χ2v) is 15.5. The molecule has 5 rings (SSSR count). The predicted octanol–water partition coefficient (Wildman–Crippen LogP) is 8.89. The Bertz CT molecular complexity index is 1150. The van der Waals surface area contributed by atoms with E-state index in [1.807, 2.05) is 0 Å². The summed E-state index contributed by atoms with van der Waals surface area (Å²) in [5, 5.41) is 0. The summed E-state index contributed by atoms with van der Waals surface area (Å²) in [7, 11) is 0. The van der Waals surface area contributed by atoms with Crippen LogP contribution in [0.1, 0.15) is 118 Å². The molecule has 0 radical (unpaired) electrons. The maximum Gasteiger partial charge on any atom is 0.306 e. The number of allylic oxidation sites excluding steroid dienone is 1. The third kappa shape index (κ3) is 6.89. The first kappa shape index (κ1) is 32.2. The highest BCUT2D eigenvalue weighted by atomic mass is 17.2. The van der Waals surface area contributed by atoms with Crippen LogP contribution in [-0.4, -0.2) is 18.7 Å². The average molecular weight is 595 g/mol. The van der Waals surface area contributed by atoms with Gasteiger partial charge in [-0.1, -0.05) is 65.5 Å². The number of hydrogen-bond acceptors (Lipinski definition) is 6. The Hall–Kier alpha value is -2.21. The summed E-state index contributed by atoms with van der Waals surface area (Å²) in [4.78, 5) is 23.2. The Balaban J connectivity index is 1.10. The molecule has 0 spiro atoms. The molecule has 0 bridgehead atoms. The molecule has 43 heavy (non-hydrogen) atoms. The Morgan fingerprint density at radius 2 is 1.81 bits per heavy atom. The molecule has 8 unspecified atom stereocenters. The van der Waals surface area contributed by atoms with Gasteiger partial charge in [0, 0.05) is 18.5 Å². The molecule has 6 nitrogen and oxygen atoms in total. The molecule has 6 heteroatoms. The summed E-state index contributed by atoms with van der Waals surface area (Å²) in [6, 6.07) is 5.00. The summed E-state index contributed by atoms with van der Waals surface area (Å²) in [5.74, 6) is 5.32. The first-order valence-electron chi connectivity index (χ1n) is 17.3. The number of fused-ring (bicyclic) bond motifs is 5. The van der Waals surface area contributed by atoms with Crippen LogP contribution in [0.25, 0.3) is 0 Å². The number of esters is 1. The summed E-state index contributed by atoms with van der Waals surface area (Å²) in [5.41, 5.74) is 14.9. The van der Waals surface area contributed by atoms with E-state index >= 15 is 0 Å². The summed E-state index contributed by atoms with van der Waals surface area (Å²) in [6.07, 6.45) is 17.4. The van der Waals surface area contributed by atoms with E-state index in [1.54, 1.807) is 23.8 Å². The third-order valence-corrected chi connectivity index (χ3v) is 12.3. The van der Waals surface area contributed by atoms with E-state index in [0.717, 1.165) is 54.8 Å². The smallest absolute Gasteiger partial charge is 0.306 e. The molecule has 0 aromatic heterocycles. The van der Waals surface area contributed by atoms with Crippen molar-refractivity contribution in [2.75, 3.05) is 18.1 Å². The van der Waals surface area contributed by atoms with Crippen LogP contribution in [0, 0.1) is 46.3 Å². The van der Waals surface area contributed by atoms with Crippen molar-refractivity contribution < 1.29 is 19.3 Å². The average Bonchev–Trinajstić information content (AvgIpc) is 3.31. The van der Waals surface area contributed by atoms with Crippen molar-refractivity contribution in [2.24, 2.45) is 46.3 Å². The van der Waals surface area contributed by atoms with Gasteiger partial charge in [0.2, 0.25) is 0 Å². The SMILES string of the molecule is CC(C)CCCC(C)C1CCC2C3CC=C4CC(OC(=O)CCCOOc5ccc(N)cc5N)CCC4(C)C3CCC12C. The van der Waals surface area contributed by atoms with Crippen LogP contribution < -0.4 is 16.4 Å². The Morgan fingerprint density at radius 1 is 1.00 bits per heavy atom. The van der Waals surface area contributed by atoms with E-state index in [-0.39, 0.29) is 24.1 Å². The Kier molecular flexibility index (Phi) is 10.0. The number of carbonyl (C=O) groups excluding carboxylic acids is 1. The fourth-order valence-electron chi connectivity index (χ4n) is 10.0. The zero-order valence-corrected chi connectivity index (χ0v) is 27.5. The van der Waals surface area contributed by atoms with Gasteiger partial charge in [0.05, 0.1) is 12.3 Å². The Morgan fingerprint density at radius 3 is 2.58 bits per heavy atom. The van der Waals surface area contributed by atoms with Crippen LogP contribution in [0.2, 0.25) is 0 Å². The molecular formula is C37H58N2O4. The van der Waals surface area contributed by atoms with Gasteiger partial charge in [-0.15, -0.1) is 0 Å². The number of ether oxygens (including phenoxy) is 1. The first-order valence-corrected chi connectivity index (χ1v) is 17.3. The normalized spacial score (nSPS) is 34.1. The van der Waals surface area contributed by atoms with Gasteiger partial charge in [0.25, 0.3) is 0 Å². The topological polar surface area (TPSA) is 96.8 Å². The maximum atomic E-state index is 12.7. The molecule has 4 aliphatic rings. The predicted molar refractivity (Wildman–Crippen MR) is 174 cm³/mol. The molecule has 4 aliphatic carbocycles. The molecule has 0 saturated heterocycles. The van der Waals surface area contributed by atoms with E-state index < -0.39 is 0 Å². The molecule has 1 aromatic carbocycles. The zero-order chi connectivity index (χ0) is 30.8. The molecular weight excluding hydrogens is 536 g/mol. The first-order chi connectivity index (χ1) is 20.5.